The Kier molecular flexibility index (Phi) is 4.18. The third-order valence-corrected chi connectivity index (χ3v) is 4.66. The van der Waals surface area contributed by atoms with Gasteiger partial charge in [-0.1, -0.05) is 41.9 Å². The lowest BCUT2D eigenvalue weighted by molar-refractivity contribution is -0.143. The van der Waals surface area contributed by atoms with Gasteiger partial charge in [0.25, 0.3) is 0 Å². The maximum Gasteiger partial charge on any atom is 0.335 e. The van der Waals surface area contributed by atoms with Crippen LogP contribution in [0.4, 0.5) is 0 Å². The van der Waals surface area contributed by atoms with Crippen LogP contribution in [0.25, 0.3) is 10.9 Å². The number of rotatable bonds is 3. The van der Waals surface area contributed by atoms with Crippen LogP contribution in [-0.4, -0.2) is 22.9 Å². The molecule has 0 fully saturated rings. The highest BCUT2D eigenvalue weighted by Crippen LogP contribution is 2.31. The number of methoxy groups -OCH3 is 1. The number of esters is 1. The Morgan fingerprint density at radius 2 is 2.00 bits per heavy atom. The minimum absolute atomic E-state index is 0.380. The van der Waals surface area contributed by atoms with Crippen molar-refractivity contribution in [2.45, 2.75) is 6.04 Å². The minimum Gasteiger partial charge on any atom is -0.467 e. The second kappa shape index (κ2) is 6.10. The molecule has 0 aliphatic carbocycles. The highest BCUT2D eigenvalue weighted by molar-refractivity contribution is 9.10. The van der Waals surface area contributed by atoms with Crippen molar-refractivity contribution in [1.29, 1.82) is 0 Å². The summed E-state index contributed by atoms with van der Waals surface area (Å²) in [6.45, 7) is 0. The van der Waals surface area contributed by atoms with Crippen molar-refractivity contribution >= 4 is 44.4 Å². The van der Waals surface area contributed by atoms with E-state index in [0.717, 1.165) is 15.4 Å². The largest absolute Gasteiger partial charge is 0.467 e. The van der Waals surface area contributed by atoms with E-state index in [4.69, 9.17) is 16.3 Å². The Labute approximate surface area is 140 Å². The molecule has 0 aliphatic rings. The number of benzene rings is 2. The number of carbonyl (C=O) groups is 1. The molecule has 6 heteroatoms. The number of halogens is 2. The molecule has 4 nitrogen and oxygen atoms in total. The lowest BCUT2D eigenvalue weighted by atomic mass is 10.1. The minimum atomic E-state index is -0.645. The molecule has 0 saturated carbocycles. The van der Waals surface area contributed by atoms with E-state index in [1.54, 1.807) is 10.9 Å². The van der Waals surface area contributed by atoms with E-state index in [1.807, 2.05) is 42.5 Å². The van der Waals surface area contributed by atoms with Crippen LogP contribution < -0.4 is 0 Å². The van der Waals surface area contributed by atoms with Crippen LogP contribution >= 0.6 is 27.5 Å². The van der Waals surface area contributed by atoms with Crippen molar-refractivity contribution in [2.24, 2.45) is 0 Å². The van der Waals surface area contributed by atoms with Crippen LogP contribution in [0.2, 0.25) is 5.02 Å². The van der Waals surface area contributed by atoms with E-state index in [-0.39, 0.29) is 5.97 Å². The summed E-state index contributed by atoms with van der Waals surface area (Å²) in [5.74, 6) is -0.380. The normalized spacial score (nSPS) is 12.3. The van der Waals surface area contributed by atoms with E-state index in [1.165, 1.54) is 7.11 Å². The Morgan fingerprint density at radius 3 is 2.68 bits per heavy atom. The Bertz CT molecular complexity index is 833. The molecule has 0 saturated heterocycles. The number of nitrogens with zero attached hydrogens (tertiary/aromatic N) is 2. The van der Waals surface area contributed by atoms with Crippen LogP contribution in [0.15, 0.2) is 53.1 Å². The maximum atomic E-state index is 12.2. The predicted octanol–water partition coefficient (Wildman–Crippen LogP) is 4.21. The number of hydrogen-bond donors (Lipinski definition) is 0. The molecule has 3 aromatic rings. The molecule has 2 aromatic carbocycles. The van der Waals surface area contributed by atoms with Gasteiger partial charge >= 0.3 is 5.97 Å². The zero-order chi connectivity index (χ0) is 15.7. The van der Waals surface area contributed by atoms with E-state index in [0.29, 0.717) is 10.5 Å². The van der Waals surface area contributed by atoms with Crippen molar-refractivity contribution in [2.75, 3.05) is 7.11 Å². The third kappa shape index (κ3) is 2.62. The van der Waals surface area contributed by atoms with Gasteiger partial charge in [-0.05, 0) is 33.6 Å². The standard InChI is InChI=1S/C16H12BrClN2O2/c1-22-16(21)15(10-5-3-2-4-6-10)20-9-11-7-8-12(17)13(18)14(11)19-20/h2-9,15H,1H3/t15-/m1/s1. The second-order valence-electron chi connectivity index (χ2n) is 4.74. The summed E-state index contributed by atoms with van der Waals surface area (Å²) in [6, 6.07) is 12.5. The summed E-state index contributed by atoms with van der Waals surface area (Å²) in [4.78, 5) is 12.2. The van der Waals surface area contributed by atoms with E-state index in [9.17, 15) is 4.79 Å². The van der Waals surface area contributed by atoms with Crippen molar-refractivity contribution in [3.63, 3.8) is 0 Å². The van der Waals surface area contributed by atoms with Crippen molar-refractivity contribution in [3.05, 3.63) is 63.7 Å². The van der Waals surface area contributed by atoms with Gasteiger partial charge in [-0.3, -0.25) is 4.68 Å². The van der Waals surface area contributed by atoms with Gasteiger partial charge in [-0.15, -0.1) is 0 Å². The Balaban J connectivity index is 2.16. The number of hydrogen-bond acceptors (Lipinski definition) is 3. The molecular weight excluding hydrogens is 368 g/mol. The molecule has 0 aliphatic heterocycles. The van der Waals surface area contributed by atoms with Crippen molar-refractivity contribution in [1.82, 2.24) is 9.78 Å². The summed E-state index contributed by atoms with van der Waals surface area (Å²) in [6.07, 6.45) is 1.79. The van der Waals surface area contributed by atoms with E-state index < -0.39 is 6.04 Å². The van der Waals surface area contributed by atoms with Gasteiger partial charge < -0.3 is 4.74 Å². The van der Waals surface area contributed by atoms with Gasteiger partial charge in [-0.25, -0.2) is 4.79 Å². The summed E-state index contributed by atoms with van der Waals surface area (Å²) in [5, 5.41) is 5.85. The maximum absolute atomic E-state index is 12.2. The highest BCUT2D eigenvalue weighted by atomic mass is 79.9. The summed E-state index contributed by atoms with van der Waals surface area (Å²) >= 11 is 9.64. The molecule has 1 atom stereocenters. The summed E-state index contributed by atoms with van der Waals surface area (Å²) in [7, 11) is 1.37. The predicted molar refractivity (Wildman–Crippen MR) is 89.0 cm³/mol. The summed E-state index contributed by atoms with van der Waals surface area (Å²) in [5.41, 5.74) is 1.44. The van der Waals surface area contributed by atoms with Gasteiger partial charge in [0, 0.05) is 16.1 Å². The first-order chi connectivity index (χ1) is 10.6. The Morgan fingerprint density at radius 1 is 1.27 bits per heavy atom. The molecule has 112 valence electrons. The molecule has 1 aromatic heterocycles. The molecule has 0 N–H and O–H groups in total. The smallest absolute Gasteiger partial charge is 0.335 e. The van der Waals surface area contributed by atoms with Gasteiger partial charge in [0.05, 0.1) is 12.1 Å². The lowest BCUT2D eigenvalue weighted by Crippen LogP contribution is -2.22. The molecule has 0 amide bonds. The fourth-order valence-electron chi connectivity index (χ4n) is 2.32. The fourth-order valence-corrected chi connectivity index (χ4v) is 2.85. The SMILES string of the molecule is COC(=O)[C@@H](c1ccccc1)n1cc2ccc(Br)c(Cl)c2n1. The first-order valence-electron chi connectivity index (χ1n) is 6.57. The number of fused-ring (bicyclic) bond motifs is 1. The van der Waals surface area contributed by atoms with Gasteiger partial charge in [-0.2, -0.15) is 5.10 Å². The van der Waals surface area contributed by atoms with Crippen LogP contribution in [-0.2, 0) is 9.53 Å². The van der Waals surface area contributed by atoms with Gasteiger partial charge in [0.2, 0.25) is 0 Å². The molecular formula is C16H12BrClN2O2. The monoisotopic (exact) mass is 378 g/mol. The molecule has 3 rings (SSSR count). The zero-order valence-electron chi connectivity index (χ0n) is 11.7. The molecule has 0 unspecified atom stereocenters. The van der Waals surface area contributed by atoms with E-state index >= 15 is 0 Å². The molecule has 22 heavy (non-hydrogen) atoms. The average Bonchev–Trinajstić information content (AvgIpc) is 2.96. The van der Waals surface area contributed by atoms with Gasteiger partial charge in [0.15, 0.2) is 6.04 Å². The third-order valence-electron chi connectivity index (χ3n) is 3.39. The first-order valence-corrected chi connectivity index (χ1v) is 7.74. The van der Waals surface area contributed by atoms with E-state index in [2.05, 4.69) is 21.0 Å². The lowest BCUT2D eigenvalue weighted by Gasteiger charge is -2.15. The first kappa shape index (κ1) is 15.1. The van der Waals surface area contributed by atoms with Crippen molar-refractivity contribution < 1.29 is 9.53 Å². The zero-order valence-corrected chi connectivity index (χ0v) is 14.0. The highest BCUT2D eigenvalue weighted by Gasteiger charge is 2.25. The van der Waals surface area contributed by atoms with Crippen LogP contribution in [0.3, 0.4) is 0 Å². The fraction of sp³-hybridized carbons (Fsp3) is 0.125. The topological polar surface area (TPSA) is 44.1 Å². The quantitative estimate of drug-likeness (QED) is 0.640. The number of aromatic nitrogens is 2. The Hall–Kier alpha value is -1.85. The van der Waals surface area contributed by atoms with Crippen molar-refractivity contribution in [3.8, 4) is 0 Å². The van der Waals surface area contributed by atoms with Crippen LogP contribution in [0.1, 0.15) is 11.6 Å². The molecule has 0 radical (unpaired) electrons. The molecule has 0 spiro atoms. The van der Waals surface area contributed by atoms with Crippen LogP contribution in [0.5, 0.6) is 0 Å². The number of ether oxygens (including phenoxy) is 1. The second-order valence-corrected chi connectivity index (χ2v) is 5.98. The van der Waals surface area contributed by atoms with Gasteiger partial charge in [0.1, 0.15) is 5.52 Å². The average molecular weight is 380 g/mol. The molecule has 0 bridgehead atoms. The van der Waals surface area contributed by atoms with Crippen LogP contribution in [0, 0.1) is 0 Å². The summed E-state index contributed by atoms with van der Waals surface area (Å²) < 4.78 is 7.28. The molecule has 1 heterocycles. The number of carbonyl (C=O) groups excluding carboxylic acids is 1.